The Balaban J connectivity index is 0.000000159. The summed E-state index contributed by atoms with van der Waals surface area (Å²) >= 11 is 0. The monoisotopic (exact) mass is 921 g/mol. The van der Waals surface area contributed by atoms with Crippen molar-refractivity contribution >= 4 is 29.5 Å². The molecule has 2 saturated heterocycles. The number of ether oxygens (including phenoxy) is 3. The van der Waals surface area contributed by atoms with Crippen LogP contribution in [0.2, 0.25) is 0 Å². The number of fused-ring (bicyclic) bond motifs is 6. The molecule has 0 spiro atoms. The molecular formula is C47H47N13O8. The van der Waals surface area contributed by atoms with Crippen molar-refractivity contribution in [3.63, 3.8) is 0 Å². The van der Waals surface area contributed by atoms with Gasteiger partial charge in [-0.15, -0.1) is 15.3 Å². The number of anilines is 2. The topological polar surface area (TPSA) is 244 Å². The van der Waals surface area contributed by atoms with Crippen LogP contribution in [0.5, 0.6) is 0 Å². The van der Waals surface area contributed by atoms with E-state index in [4.69, 9.17) is 14.2 Å². The Morgan fingerprint density at radius 1 is 0.706 bits per heavy atom. The number of aliphatic hydroxyl groups is 2. The van der Waals surface area contributed by atoms with Crippen LogP contribution in [0.25, 0.3) is 33.9 Å². The lowest BCUT2D eigenvalue weighted by atomic mass is 9.99. The highest BCUT2D eigenvalue weighted by molar-refractivity contribution is 5.95. The van der Waals surface area contributed by atoms with Gasteiger partial charge >= 0.3 is 18.2 Å². The van der Waals surface area contributed by atoms with Gasteiger partial charge < -0.3 is 24.4 Å². The maximum Gasteiger partial charge on any atom is 0.415 e. The smallest absolute Gasteiger partial charge is 0.415 e. The van der Waals surface area contributed by atoms with E-state index in [1.165, 1.54) is 16.5 Å². The van der Waals surface area contributed by atoms with Crippen LogP contribution in [0.15, 0.2) is 97.8 Å². The van der Waals surface area contributed by atoms with Crippen LogP contribution in [0.1, 0.15) is 63.1 Å². The van der Waals surface area contributed by atoms with Gasteiger partial charge in [0.15, 0.2) is 11.6 Å². The van der Waals surface area contributed by atoms with Crippen molar-refractivity contribution in [2.75, 3.05) is 16.9 Å². The average molecular weight is 922 g/mol. The van der Waals surface area contributed by atoms with Gasteiger partial charge in [-0.1, -0.05) is 27.8 Å². The molecule has 2 N–H and O–H groups in total. The number of rotatable bonds is 11. The Kier molecular flexibility index (Phi) is 11.0. The first-order chi connectivity index (χ1) is 32.6. The second kappa shape index (κ2) is 17.1. The lowest BCUT2D eigenvalue weighted by Crippen LogP contribution is -2.35. The van der Waals surface area contributed by atoms with Crippen molar-refractivity contribution in [2.45, 2.75) is 95.4 Å². The van der Waals surface area contributed by atoms with E-state index in [2.05, 4.69) is 53.0 Å². The van der Waals surface area contributed by atoms with Gasteiger partial charge in [-0.3, -0.25) is 14.6 Å². The summed E-state index contributed by atoms with van der Waals surface area (Å²) in [6.07, 6.45) is 10.9. The first kappa shape index (κ1) is 44.0. The number of carbonyl (C=O) groups excluding carboxylic acids is 3. The van der Waals surface area contributed by atoms with Crippen molar-refractivity contribution < 1.29 is 38.8 Å². The van der Waals surface area contributed by atoms with E-state index < -0.39 is 11.2 Å². The molecule has 4 atom stereocenters. The van der Waals surface area contributed by atoms with Gasteiger partial charge in [-0.25, -0.2) is 33.6 Å². The zero-order chi connectivity index (χ0) is 47.5. The van der Waals surface area contributed by atoms with Crippen molar-refractivity contribution in [2.24, 2.45) is 0 Å². The van der Waals surface area contributed by atoms with E-state index in [1.54, 1.807) is 79.4 Å². The minimum absolute atomic E-state index is 0.0697. The molecule has 21 nitrogen and oxygen atoms in total. The molecule has 21 heteroatoms. The molecule has 0 aliphatic carbocycles. The molecule has 11 rings (SSSR count). The summed E-state index contributed by atoms with van der Waals surface area (Å²) in [6, 6.07) is 19.4. The molecule has 348 valence electrons. The summed E-state index contributed by atoms with van der Waals surface area (Å²) < 4.78 is 20.6. The van der Waals surface area contributed by atoms with E-state index in [0.29, 0.717) is 48.8 Å². The standard InChI is InChI=1S/C24H25N5O5.C23H22N8O3/c1-24(2,32)20-13-28(27-26-20)21-8-5-15(12-25-21)14-4-6-17-16(10-14)11-18-19(7-9-22(30)33-3)34-23(31)29(17)18;1-23(2,33)20-13-30(28-26-20)21-6-4-15(11-24-21)14-3-5-17-16(9-14)10-18-19(34-22(32)31(17)18)12-29-8-7-25-27-29/h4-6,8,10,12-13,18-19,32H,7,9,11H2,1-3H3;3-9,11,13,18-19,33H,10,12H2,1-2H3/t2*18-,19-/m00/s1. The number of nitrogens with zero attached hydrogens (tertiary/aromatic N) is 13. The predicted molar refractivity (Wildman–Crippen MR) is 241 cm³/mol. The molecule has 4 aliphatic rings. The number of benzene rings is 2. The van der Waals surface area contributed by atoms with Gasteiger partial charge in [-0.05, 0) is 118 Å². The number of esters is 1. The maximum absolute atomic E-state index is 12.6. The minimum atomic E-state index is -1.08. The van der Waals surface area contributed by atoms with Gasteiger partial charge in [0.05, 0.1) is 55.7 Å². The third-order valence-corrected chi connectivity index (χ3v) is 12.5. The number of pyridine rings is 2. The lowest BCUT2D eigenvalue weighted by molar-refractivity contribution is -0.141. The Labute approximate surface area is 388 Å². The molecule has 9 heterocycles. The highest BCUT2D eigenvalue weighted by Gasteiger charge is 2.49. The molecule has 0 saturated carbocycles. The summed E-state index contributed by atoms with van der Waals surface area (Å²) in [6.45, 7) is 7.09. The molecule has 2 amide bonds. The van der Waals surface area contributed by atoms with Crippen molar-refractivity contribution in [3.8, 4) is 33.9 Å². The average Bonchev–Trinajstić information content (AvgIpc) is 4.19. The molecule has 68 heavy (non-hydrogen) atoms. The molecule has 0 radical (unpaired) electrons. The largest absolute Gasteiger partial charge is 0.469 e. The van der Waals surface area contributed by atoms with Crippen molar-refractivity contribution in [3.05, 3.63) is 120 Å². The molecule has 5 aromatic heterocycles. The molecule has 0 unspecified atom stereocenters. The Bertz CT molecular complexity index is 3010. The van der Waals surface area contributed by atoms with Crippen LogP contribution in [0.3, 0.4) is 0 Å². The van der Waals surface area contributed by atoms with E-state index in [9.17, 15) is 24.6 Å². The van der Waals surface area contributed by atoms with Crippen LogP contribution in [-0.4, -0.2) is 115 Å². The predicted octanol–water partition coefficient (Wildman–Crippen LogP) is 4.86. The van der Waals surface area contributed by atoms with Crippen LogP contribution in [-0.2, 0) is 49.6 Å². The first-order valence-electron chi connectivity index (χ1n) is 22.0. The zero-order valence-corrected chi connectivity index (χ0v) is 37.7. The normalized spacial score (nSPS) is 19.2. The third-order valence-electron chi connectivity index (χ3n) is 12.5. The fraction of sp³-hybridized carbons (Fsp3) is 0.340. The SMILES string of the molecule is CC(C)(O)c1cn(-c2ccc(-c3ccc4c(c3)C[C@H]3[C@H](Cn5ccnn5)OC(=O)N43)cn2)nn1.COC(=O)CC[C@@H]1OC(=O)N2c3ccc(-c4ccc(-n5cc(C(C)(C)O)nn5)nc4)cc3C[C@@H]12. The highest BCUT2D eigenvalue weighted by Crippen LogP contribution is 2.43. The minimum Gasteiger partial charge on any atom is -0.469 e. The summed E-state index contributed by atoms with van der Waals surface area (Å²) in [5, 5.41) is 44.1. The summed E-state index contributed by atoms with van der Waals surface area (Å²) in [5.41, 5.74) is 6.50. The number of amides is 2. The third kappa shape index (κ3) is 8.40. The van der Waals surface area contributed by atoms with Gasteiger partial charge in [0.2, 0.25) is 0 Å². The second-order valence-electron chi connectivity index (χ2n) is 18.1. The van der Waals surface area contributed by atoms with Crippen molar-refractivity contribution in [1.82, 2.24) is 54.9 Å². The Hall–Kier alpha value is -7.91. The van der Waals surface area contributed by atoms with Crippen LogP contribution in [0.4, 0.5) is 21.0 Å². The summed E-state index contributed by atoms with van der Waals surface area (Å²) in [5.74, 6) is 0.877. The zero-order valence-electron chi connectivity index (χ0n) is 37.7. The van der Waals surface area contributed by atoms with E-state index in [1.807, 2.05) is 48.5 Å². The molecule has 4 aliphatic heterocycles. The van der Waals surface area contributed by atoms with Gasteiger partial charge in [-0.2, -0.15) is 0 Å². The van der Waals surface area contributed by atoms with E-state index in [-0.39, 0.29) is 48.9 Å². The van der Waals surface area contributed by atoms with Gasteiger partial charge in [0.1, 0.15) is 34.8 Å². The van der Waals surface area contributed by atoms with Crippen molar-refractivity contribution in [1.29, 1.82) is 0 Å². The molecule has 2 fully saturated rings. The lowest BCUT2D eigenvalue weighted by Gasteiger charge is -2.16. The second-order valence-corrected chi connectivity index (χ2v) is 18.1. The maximum atomic E-state index is 12.6. The van der Waals surface area contributed by atoms with Crippen LogP contribution < -0.4 is 9.80 Å². The number of aromatic nitrogens is 11. The molecular weight excluding hydrogens is 875 g/mol. The van der Waals surface area contributed by atoms with Crippen LogP contribution in [0, 0.1) is 0 Å². The quantitative estimate of drug-likeness (QED) is 0.130. The number of methoxy groups -OCH3 is 1. The van der Waals surface area contributed by atoms with E-state index >= 15 is 0 Å². The fourth-order valence-corrected chi connectivity index (χ4v) is 8.89. The summed E-state index contributed by atoms with van der Waals surface area (Å²) in [7, 11) is 1.35. The van der Waals surface area contributed by atoms with Crippen LogP contribution >= 0.6 is 0 Å². The number of hydrogen-bond donors (Lipinski definition) is 2. The molecule has 7 aromatic rings. The number of cyclic esters (lactones) is 2. The summed E-state index contributed by atoms with van der Waals surface area (Å²) in [4.78, 5) is 49.0. The number of carbonyl (C=O) groups is 3. The number of hydrogen-bond acceptors (Lipinski definition) is 16. The van der Waals surface area contributed by atoms with E-state index in [0.717, 1.165) is 44.8 Å². The highest BCUT2D eigenvalue weighted by atomic mass is 16.6. The first-order valence-corrected chi connectivity index (χ1v) is 22.0. The fourth-order valence-electron chi connectivity index (χ4n) is 8.89. The van der Waals surface area contributed by atoms with Gasteiger partial charge in [0.25, 0.3) is 0 Å². The molecule has 2 aromatic carbocycles. The molecule has 0 bridgehead atoms. The Morgan fingerprint density at radius 2 is 1.21 bits per heavy atom. The Morgan fingerprint density at radius 3 is 1.65 bits per heavy atom. The van der Waals surface area contributed by atoms with Gasteiger partial charge in [0, 0.05) is 36.1 Å².